The molecule has 2 nitrogen and oxygen atoms in total. The lowest BCUT2D eigenvalue weighted by Gasteiger charge is -2.19. The lowest BCUT2D eigenvalue weighted by Crippen LogP contribution is -2.30. The minimum Gasteiger partial charge on any atom is -0.377 e. The van der Waals surface area contributed by atoms with Gasteiger partial charge in [0.15, 0.2) is 0 Å². The van der Waals surface area contributed by atoms with Crippen LogP contribution in [-0.4, -0.2) is 43.4 Å². The Labute approximate surface area is 73.7 Å². The summed E-state index contributed by atoms with van der Waals surface area (Å²) in [5, 5.41) is 0. The van der Waals surface area contributed by atoms with Gasteiger partial charge in [0, 0.05) is 12.6 Å². The molecule has 3 heteroatoms. The van der Waals surface area contributed by atoms with Crippen LogP contribution in [0.25, 0.3) is 0 Å². The number of likely N-dealkylation sites (tertiary alicyclic amines) is 1. The van der Waals surface area contributed by atoms with Crippen LogP contribution in [0.1, 0.15) is 20.3 Å². The molecule has 0 aliphatic carbocycles. The van der Waals surface area contributed by atoms with Crippen molar-refractivity contribution in [2.24, 2.45) is 0 Å². The molecular weight excluding hydrogens is 157 g/mol. The molecule has 0 bridgehead atoms. The van der Waals surface area contributed by atoms with Gasteiger partial charge in [-0.3, -0.25) is 4.90 Å². The molecule has 1 rings (SSSR count). The fraction of sp³-hybridized carbons (Fsp3) is 1.00. The summed E-state index contributed by atoms with van der Waals surface area (Å²) < 4.78 is 18.3. The van der Waals surface area contributed by atoms with Gasteiger partial charge in [0.25, 0.3) is 0 Å². The van der Waals surface area contributed by atoms with E-state index in [4.69, 9.17) is 4.74 Å². The number of hydrogen-bond acceptors (Lipinski definition) is 2. The highest BCUT2D eigenvalue weighted by Crippen LogP contribution is 2.18. The van der Waals surface area contributed by atoms with Crippen LogP contribution in [0.15, 0.2) is 0 Å². The number of ether oxygens (including phenoxy) is 1. The van der Waals surface area contributed by atoms with Crippen molar-refractivity contribution in [1.29, 1.82) is 0 Å². The molecule has 12 heavy (non-hydrogen) atoms. The van der Waals surface area contributed by atoms with Gasteiger partial charge in [-0.05, 0) is 27.3 Å². The van der Waals surface area contributed by atoms with Gasteiger partial charge in [0.1, 0.15) is 6.17 Å². The van der Waals surface area contributed by atoms with Crippen LogP contribution in [0, 0.1) is 0 Å². The van der Waals surface area contributed by atoms with Gasteiger partial charge in [0.2, 0.25) is 0 Å². The first kappa shape index (κ1) is 9.93. The average molecular weight is 175 g/mol. The van der Waals surface area contributed by atoms with Crippen molar-refractivity contribution in [2.45, 2.75) is 38.6 Å². The van der Waals surface area contributed by atoms with Crippen LogP contribution in [0.5, 0.6) is 0 Å². The summed E-state index contributed by atoms with van der Waals surface area (Å²) in [7, 11) is 1.95. The second-order valence-corrected chi connectivity index (χ2v) is 3.81. The Bertz CT molecular complexity index is 140. The summed E-state index contributed by atoms with van der Waals surface area (Å²) in [5.41, 5.74) is 0. The SMILES string of the molecule is CC(C)OC[C@H]1C[C@@H](F)CN1C. The van der Waals surface area contributed by atoms with E-state index in [0.717, 1.165) is 0 Å². The molecule has 2 atom stereocenters. The molecule has 0 aromatic rings. The smallest absolute Gasteiger partial charge is 0.114 e. The molecule has 72 valence electrons. The van der Waals surface area contributed by atoms with E-state index in [9.17, 15) is 4.39 Å². The van der Waals surface area contributed by atoms with Crippen LogP contribution < -0.4 is 0 Å². The molecule has 0 radical (unpaired) electrons. The van der Waals surface area contributed by atoms with E-state index in [1.807, 2.05) is 25.8 Å². The minimum absolute atomic E-state index is 0.247. The molecule has 1 saturated heterocycles. The first-order chi connectivity index (χ1) is 5.59. The van der Waals surface area contributed by atoms with Crippen LogP contribution in [0.3, 0.4) is 0 Å². The van der Waals surface area contributed by atoms with Crippen LogP contribution in [0.2, 0.25) is 0 Å². The standard InChI is InChI=1S/C9H18FNO/c1-7(2)12-6-9-4-8(10)5-11(9)3/h7-9H,4-6H2,1-3H3/t8-,9-/m1/s1. The molecule has 0 spiro atoms. The Hall–Kier alpha value is -0.150. The second-order valence-electron chi connectivity index (χ2n) is 3.81. The van der Waals surface area contributed by atoms with Crippen molar-refractivity contribution in [3.63, 3.8) is 0 Å². The largest absolute Gasteiger partial charge is 0.377 e. The minimum atomic E-state index is -0.657. The quantitative estimate of drug-likeness (QED) is 0.643. The molecule has 1 aliphatic heterocycles. The maximum atomic E-state index is 12.9. The van der Waals surface area contributed by atoms with E-state index in [0.29, 0.717) is 19.6 Å². The van der Waals surface area contributed by atoms with Gasteiger partial charge in [-0.25, -0.2) is 4.39 Å². The van der Waals surface area contributed by atoms with E-state index in [1.165, 1.54) is 0 Å². The zero-order valence-corrected chi connectivity index (χ0v) is 8.09. The maximum Gasteiger partial charge on any atom is 0.114 e. The molecule has 0 unspecified atom stereocenters. The van der Waals surface area contributed by atoms with Crippen LogP contribution in [-0.2, 0) is 4.74 Å². The monoisotopic (exact) mass is 175 g/mol. The third kappa shape index (κ3) is 2.72. The summed E-state index contributed by atoms with van der Waals surface area (Å²) in [5.74, 6) is 0. The maximum absolute atomic E-state index is 12.9. The number of rotatable bonds is 3. The lowest BCUT2D eigenvalue weighted by atomic mass is 10.2. The van der Waals surface area contributed by atoms with E-state index in [2.05, 4.69) is 0 Å². The van der Waals surface area contributed by atoms with Crippen LogP contribution >= 0.6 is 0 Å². The second kappa shape index (κ2) is 4.19. The Morgan fingerprint density at radius 2 is 2.25 bits per heavy atom. The molecule has 1 aliphatic rings. The first-order valence-corrected chi connectivity index (χ1v) is 4.55. The van der Waals surface area contributed by atoms with Crippen LogP contribution in [0.4, 0.5) is 4.39 Å². The topological polar surface area (TPSA) is 12.5 Å². The molecular formula is C9H18FNO. The summed E-state index contributed by atoms with van der Waals surface area (Å²) in [6, 6.07) is 0.280. The van der Waals surface area contributed by atoms with E-state index >= 15 is 0 Å². The fourth-order valence-electron chi connectivity index (χ4n) is 1.51. The van der Waals surface area contributed by atoms with Crippen molar-refractivity contribution < 1.29 is 9.13 Å². The highest BCUT2D eigenvalue weighted by molar-refractivity contribution is 4.82. The van der Waals surface area contributed by atoms with Gasteiger partial charge in [-0.2, -0.15) is 0 Å². The number of likely N-dealkylation sites (N-methyl/N-ethyl adjacent to an activating group) is 1. The first-order valence-electron chi connectivity index (χ1n) is 4.55. The normalized spacial score (nSPS) is 31.8. The fourth-order valence-corrected chi connectivity index (χ4v) is 1.51. The molecule has 0 saturated carbocycles. The number of hydrogen-bond donors (Lipinski definition) is 0. The zero-order valence-electron chi connectivity index (χ0n) is 8.09. The third-order valence-electron chi connectivity index (χ3n) is 2.26. The zero-order chi connectivity index (χ0) is 9.14. The van der Waals surface area contributed by atoms with Crippen molar-refractivity contribution in [1.82, 2.24) is 4.90 Å². The lowest BCUT2D eigenvalue weighted by molar-refractivity contribution is 0.0431. The Morgan fingerprint density at radius 1 is 1.58 bits per heavy atom. The molecule has 1 heterocycles. The van der Waals surface area contributed by atoms with Gasteiger partial charge in [-0.1, -0.05) is 0 Å². The van der Waals surface area contributed by atoms with Gasteiger partial charge in [0.05, 0.1) is 12.7 Å². The third-order valence-corrected chi connectivity index (χ3v) is 2.26. The summed E-state index contributed by atoms with van der Waals surface area (Å²) in [6.07, 6.45) is 0.219. The molecule has 1 fully saturated rings. The number of halogens is 1. The number of nitrogens with zero attached hydrogens (tertiary/aromatic N) is 1. The Morgan fingerprint density at radius 3 is 2.67 bits per heavy atom. The summed E-state index contributed by atoms with van der Waals surface area (Å²) in [6.45, 7) is 5.23. The van der Waals surface area contributed by atoms with E-state index < -0.39 is 6.17 Å². The van der Waals surface area contributed by atoms with Crippen molar-refractivity contribution in [3.05, 3.63) is 0 Å². The molecule has 0 aromatic carbocycles. The predicted molar refractivity (Wildman–Crippen MR) is 47.0 cm³/mol. The summed E-state index contributed by atoms with van der Waals surface area (Å²) >= 11 is 0. The van der Waals surface area contributed by atoms with Crippen molar-refractivity contribution >= 4 is 0 Å². The van der Waals surface area contributed by atoms with Gasteiger partial charge < -0.3 is 4.74 Å². The summed E-state index contributed by atoms with van der Waals surface area (Å²) in [4.78, 5) is 2.03. The predicted octanol–water partition coefficient (Wildman–Crippen LogP) is 1.45. The Kier molecular flexibility index (Phi) is 3.47. The highest BCUT2D eigenvalue weighted by atomic mass is 19.1. The average Bonchev–Trinajstić information content (AvgIpc) is 2.26. The highest BCUT2D eigenvalue weighted by Gasteiger charge is 2.29. The van der Waals surface area contributed by atoms with Crippen molar-refractivity contribution in [3.8, 4) is 0 Å². The Balaban J connectivity index is 2.23. The molecule has 0 N–H and O–H groups in total. The van der Waals surface area contributed by atoms with Gasteiger partial charge >= 0.3 is 0 Å². The molecule has 0 aromatic heterocycles. The van der Waals surface area contributed by atoms with E-state index in [1.54, 1.807) is 0 Å². The van der Waals surface area contributed by atoms with E-state index in [-0.39, 0.29) is 12.1 Å². The number of alkyl halides is 1. The van der Waals surface area contributed by atoms with Crippen molar-refractivity contribution in [2.75, 3.05) is 20.2 Å². The van der Waals surface area contributed by atoms with Gasteiger partial charge in [-0.15, -0.1) is 0 Å². The molecule has 0 amide bonds.